The minimum atomic E-state index is 0.0724. The second-order valence-corrected chi connectivity index (χ2v) is 5.16. The van der Waals surface area contributed by atoms with Crippen molar-refractivity contribution in [2.75, 3.05) is 31.1 Å². The van der Waals surface area contributed by atoms with Gasteiger partial charge < -0.3 is 20.6 Å². The van der Waals surface area contributed by atoms with Gasteiger partial charge in [-0.05, 0) is 31.0 Å². The predicted molar refractivity (Wildman–Crippen MR) is 87.9 cm³/mol. The van der Waals surface area contributed by atoms with Crippen molar-refractivity contribution in [1.82, 2.24) is 10.6 Å². The fourth-order valence-electron chi connectivity index (χ4n) is 2.39. The lowest BCUT2D eigenvalue weighted by atomic mass is 10.2. The number of aliphatic hydroxyl groups excluding tert-OH is 1. The molecule has 3 N–H and O–H groups in total. The van der Waals surface area contributed by atoms with Crippen molar-refractivity contribution in [2.24, 2.45) is 4.99 Å². The number of guanidine groups is 1. The lowest BCUT2D eigenvalue weighted by molar-refractivity contribution is -0.117. The van der Waals surface area contributed by atoms with Gasteiger partial charge in [0.25, 0.3) is 0 Å². The van der Waals surface area contributed by atoms with Crippen LogP contribution >= 0.6 is 0 Å². The Morgan fingerprint density at radius 2 is 2.09 bits per heavy atom. The number of hydrogen-bond acceptors (Lipinski definition) is 3. The zero-order valence-electron chi connectivity index (χ0n) is 13.0. The van der Waals surface area contributed by atoms with E-state index in [4.69, 9.17) is 5.11 Å². The Morgan fingerprint density at radius 3 is 2.68 bits per heavy atom. The Hall–Kier alpha value is -2.08. The minimum absolute atomic E-state index is 0.0724. The number of anilines is 1. The summed E-state index contributed by atoms with van der Waals surface area (Å²) in [7, 11) is 0. The summed E-state index contributed by atoms with van der Waals surface area (Å²) in [6.07, 6.45) is 1.59. The summed E-state index contributed by atoms with van der Waals surface area (Å²) in [4.78, 5) is 18.0. The van der Waals surface area contributed by atoms with Crippen LogP contribution in [0.4, 0.5) is 5.69 Å². The molecule has 1 aromatic rings. The maximum atomic E-state index is 11.7. The highest BCUT2D eigenvalue weighted by Crippen LogP contribution is 2.21. The molecule has 0 aliphatic carbocycles. The van der Waals surface area contributed by atoms with Gasteiger partial charge >= 0.3 is 0 Å². The first-order valence-corrected chi connectivity index (χ1v) is 7.77. The van der Waals surface area contributed by atoms with E-state index >= 15 is 0 Å². The first kappa shape index (κ1) is 16.3. The van der Waals surface area contributed by atoms with E-state index in [0.29, 0.717) is 25.5 Å². The molecule has 0 unspecified atom stereocenters. The van der Waals surface area contributed by atoms with Gasteiger partial charge in [0, 0.05) is 31.7 Å². The molecule has 0 bridgehead atoms. The summed E-state index contributed by atoms with van der Waals surface area (Å²) in [5.74, 6) is 0.892. The third-order valence-electron chi connectivity index (χ3n) is 3.49. The molecule has 1 heterocycles. The van der Waals surface area contributed by atoms with Gasteiger partial charge in [-0.2, -0.15) is 0 Å². The summed E-state index contributed by atoms with van der Waals surface area (Å²) in [5.41, 5.74) is 2.04. The second-order valence-electron chi connectivity index (χ2n) is 5.16. The summed E-state index contributed by atoms with van der Waals surface area (Å²) in [5, 5.41) is 15.0. The van der Waals surface area contributed by atoms with E-state index in [0.717, 1.165) is 30.8 Å². The molecule has 0 saturated carbocycles. The Kier molecular flexibility index (Phi) is 6.21. The Labute approximate surface area is 131 Å². The van der Waals surface area contributed by atoms with Crippen LogP contribution in [0.25, 0.3) is 0 Å². The molecule has 22 heavy (non-hydrogen) atoms. The number of hydrogen-bond donors (Lipinski definition) is 3. The highest BCUT2D eigenvalue weighted by molar-refractivity contribution is 5.95. The number of aliphatic hydroxyl groups is 1. The third kappa shape index (κ3) is 4.46. The molecule has 0 radical (unpaired) electrons. The summed E-state index contributed by atoms with van der Waals surface area (Å²) in [6, 6.07) is 7.95. The van der Waals surface area contributed by atoms with Crippen molar-refractivity contribution in [2.45, 2.75) is 26.3 Å². The van der Waals surface area contributed by atoms with Gasteiger partial charge in [0.05, 0.1) is 13.2 Å². The molecule has 1 aliphatic rings. The van der Waals surface area contributed by atoms with E-state index in [1.807, 2.05) is 36.1 Å². The van der Waals surface area contributed by atoms with Crippen molar-refractivity contribution in [3.63, 3.8) is 0 Å². The molecule has 2 rings (SSSR count). The lowest BCUT2D eigenvalue weighted by Crippen LogP contribution is -2.38. The van der Waals surface area contributed by atoms with Crippen LogP contribution in [0.2, 0.25) is 0 Å². The standard InChI is InChI=1S/C16H24N4O2/c1-2-17-16(18-9-11-21)19-12-13-5-7-14(8-6-13)20-10-3-4-15(20)22/h5-8,21H,2-4,9-12H2,1H3,(H2,17,18,19). The number of carbonyl (C=O) groups is 1. The highest BCUT2D eigenvalue weighted by atomic mass is 16.3. The molecule has 0 spiro atoms. The van der Waals surface area contributed by atoms with Crippen molar-refractivity contribution >= 4 is 17.6 Å². The highest BCUT2D eigenvalue weighted by Gasteiger charge is 2.21. The Morgan fingerprint density at radius 1 is 1.32 bits per heavy atom. The smallest absolute Gasteiger partial charge is 0.227 e. The SMILES string of the molecule is CCNC(=NCc1ccc(N2CCCC2=O)cc1)NCCO. The van der Waals surface area contributed by atoms with Crippen LogP contribution < -0.4 is 15.5 Å². The van der Waals surface area contributed by atoms with Gasteiger partial charge in [-0.3, -0.25) is 4.79 Å². The predicted octanol–water partition coefficient (Wildman–Crippen LogP) is 0.861. The lowest BCUT2D eigenvalue weighted by Gasteiger charge is -2.15. The van der Waals surface area contributed by atoms with Crippen molar-refractivity contribution < 1.29 is 9.90 Å². The molecule has 1 saturated heterocycles. The van der Waals surface area contributed by atoms with Crippen LogP contribution in [-0.4, -0.2) is 43.2 Å². The van der Waals surface area contributed by atoms with Crippen molar-refractivity contribution in [3.8, 4) is 0 Å². The molecule has 1 aromatic carbocycles. The zero-order valence-corrected chi connectivity index (χ0v) is 13.0. The maximum absolute atomic E-state index is 11.7. The molecule has 1 fully saturated rings. The molecule has 1 amide bonds. The Balaban J connectivity index is 1.96. The monoisotopic (exact) mass is 304 g/mol. The Bertz CT molecular complexity index is 513. The molecule has 6 heteroatoms. The zero-order chi connectivity index (χ0) is 15.8. The van der Waals surface area contributed by atoms with Crippen LogP contribution in [0.3, 0.4) is 0 Å². The fourth-order valence-corrected chi connectivity index (χ4v) is 2.39. The molecule has 6 nitrogen and oxygen atoms in total. The van der Waals surface area contributed by atoms with E-state index < -0.39 is 0 Å². The number of rotatable bonds is 6. The average Bonchev–Trinajstić information content (AvgIpc) is 2.97. The topological polar surface area (TPSA) is 77.0 Å². The van der Waals surface area contributed by atoms with Crippen molar-refractivity contribution in [1.29, 1.82) is 0 Å². The quantitative estimate of drug-likeness (QED) is 0.538. The first-order valence-electron chi connectivity index (χ1n) is 7.77. The third-order valence-corrected chi connectivity index (χ3v) is 3.49. The van der Waals surface area contributed by atoms with E-state index in [1.165, 1.54) is 0 Å². The molecule has 0 atom stereocenters. The molecule has 0 aromatic heterocycles. The van der Waals surface area contributed by atoms with Crippen LogP contribution in [0.1, 0.15) is 25.3 Å². The van der Waals surface area contributed by atoms with E-state index in [1.54, 1.807) is 0 Å². The van der Waals surface area contributed by atoms with Gasteiger partial charge in [0.2, 0.25) is 5.91 Å². The van der Waals surface area contributed by atoms with Crippen LogP contribution in [0.15, 0.2) is 29.3 Å². The van der Waals surface area contributed by atoms with Gasteiger partial charge in [0.1, 0.15) is 0 Å². The van der Waals surface area contributed by atoms with Crippen LogP contribution in [0.5, 0.6) is 0 Å². The average molecular weight is 304 g/mol. The first-order chi connectivity index (χ1) is 10.7. The summed E-state index contributed by atoms with van der Waals surface area (Å²) in [6.45, 7) is 4.68. The van der Waals surface area contributed by atoms with E-state index in [-0.39, 0.29) is 12.5 Å². The van der Waals surface area contributed by atoms with Crippen molar-refractivity contribution in [3.05, 3.63) is 29.8 Å². The normalized spacial score (nSPS) is 15.3. The number of amides is 1. The van der Waals surface area contributed by atoms with Gasteiger partial charge in [0.15, 0.2) is 5.96 Å². The molecule has 1 aliphatic heterocycles. The number of benzene rings is 1. The number of carbonyl (C=O) groups excluding carboxylic acids is 1. The summed E-state index contributed by atoms with van der Waals surface area (Å²) >= 11 is 0. The van der Waals surface area contributed by atoms with E-state index in [2.05, 4.69) is 15.6 Å². The minimum Gasteiger partial charge on any atom is -0.395 e. The fraction of sp³-hybridized carbons (Fsp3) is 0.500. The van der Waals surface area contributed by atoms with Gasteiger partial charge in [-0.1, -0.05) is 12.1 Å². The van der Waals surface area contributed by atoms with Gasteiger partial charge in [-0.15, -0.1) is 0 Å². The molecule has 120 valence electrons. The van der Waals surface area contributed by atoms with Crippen LogP contribution in [-0.2, 0) is 11.3 Å². The maximum Gasteiger partial charge on any atom is 0.227 e. The van der Waals surface area contributed by atoms with Gasteiger partial charge in [-0.25, -0.2) is 4.99 Å². The molecular weight excluding hydrogens is 280 g/mol. The largest absolute Gasteiger partial charge is 0.395 e. The number of nitrogens with one attached hydrogen (secondary N) is 2. The molecular formula is C16H24N4O2. The number of nitrogens with zero attached hydrogens (tertiary/aromatic N) is 2. The second kappa shape index (κ2) is 8.38. The van der Waals surface area contributed by atoms with E-state index in [9.17, 15) is 4.79 Å². The number of aliphatic imine (C=N–C) groups is 1. The van der Waals surface area contributed by atoms with Crippen LogP contribution in [0, 0.1) is 0 Å². The summed E-state index contributed by atoms with van der Waals surface area (Å²) < 4.78 is 0.